The molecule has 1 aromatic heterocycles. The Hall–Kier alpha value is -3.28. The Morgan fingerprint density at radius 2 is 2.03 bits per heavy atom. The highest BCUT2D eigenvalue weighted by Crippen LogP contribution is 2.25. The largest absolute Gasteiger partial charge is 0.493 e. The van der Waals surface area contributed by atoms with Crippen molar-refractivity contribution in [1.82, 2.24) is 20.4 Å². The summed E-state index contributed by atoms with van der Waals surface area (Å²) in [4.78, 5) is 4.76. The second-order valence-electron chi connectivity index (χ2n) is 7.44. The Morgan fingerprint density at radius 1 is 1.10 bits per heavy atom. The zero-order valence-electron chi connectivity index (χ0n) is 17.5. The van der Waals surface area contributed by atoms with E-state index in [1.54, 1.807) is 6.20 Å². The van der Waals surface area contributed by atoms with E-state index in [1.165, 1.54) is 22.3 Å². The van der Waals surface area contributed by atoms with E-state index in [1.807, 2.05) is 16.9 Å². The molecule has 0 saturated carbocycles. The van der Waals surface area contributed by atoms with Crippen molar-refractivity contribution >= 4 is 5.96 Å². The number of fused-ring (bicyclic) bond motifs is 1. The van der Waals surface area contributed by atoms with E-state index in [-0.39, 0.29) is 0 Å². The first-order chi connectivity index (χ1) is 14.8. The van der Waals surface area contributed by atoms with Crippen LogP contribution in [0.1, 0.15) is 29.2 Å². The van der Waals surface area contributed by atoms with Gasteiger partial charge in [0.2, 0.25) is 0 Å². The first-order valence-corrected chi connectivity index (χ1v) is 10.6. The molecule has 0 atom stereocenters. The van der Waals surface area contributed by atoms with Crippen molar-refractivity contribution in [3.05, 3.63) is 83.2 Å². The maximum atomic E-state index is 5.59. The van der Waals surface area contributed by atoms with Crippen molar-refractivity contribution < 1.29 is 4.74 Å². The van der Waals surface area contributed by atoms with E-state index in [0.717, 1.165) is 50.8 Å². The highest BCUT2D eigenvalue weighted by molar-refractivity contribution is 5.79. The van der Waals surface area contributed by atoms with Crippen LogP contribution in [0.2, 0.25) is 0 Å². The average molecular weight is 404 g/mol. The quantitative estimate of drug-likeness (QED) is 0.448. The van der Waals surface area contributed by atoms with Crippen LogP contribution in [0.4, 0.5) is 0 Å². The molecule has 0 amide bonds. The molecule has 0 bridgehead atoms. The molecule has 1 aliphatic heterocycles. The summed E-state index contributed by atoms with van der Waals surface area (Å²) in [6, 6.07) is 17.0. The third-order valence-corrected chi connectivity index (χ3v) is 5.12. The minimum absolute atomic E-state index is 0.637. The van der Waals surface area contributed by atoms with E-state index in [0.29, 0.717) is 6.54 Å². The maximum Gasteiger partial charge on any atom is 0.191 e. The third-order valence-electron chi connectivity index (χ3n) is 5.12. The van der Waals surface area contributed by atoms with E-state index < -0.39 is 0 Å². The molecule has 6 nitrogen and oxygen atoms in total. The fourth-order valence-electron chi connectivity index (χ4n) is 3.64. The Kier molecular flexibility index (Phi) is 6.65. The number of benzene rings is 2. The second-order valence-corrected chi connectivity index (χ2v) is 7.44. The number of aromatic nitrogens is 2. The zero-order valence-corrected chi connectivity index (χ0v) is 17.5. The van der Waals surface area contributed by atoms with Crippen molar-refractivity contribution in [2.24, 2.45) is 4.99 Å². The SMILES string of the molecule is CCNC(=NCc1cccc(Cn2cccn2)c1)NCCc1ccc2c(c1)CCO2. The van der Waals surface area contributed by atoms with Gasteiger partial charge in [-0.2, -0.15) is 5.10 Å². The van der Waals surface area contributed by atoms with Gasteiger partial charge in [-0.1, -0.05) is 36.4 Å². The van der Waals surface area contributed by atoms with Crippen LogP contribution in [0.5, 0.6) is 5.75 Å². The Labute approximate surface area is 178 Å². The van der Waals surface area contributed by atoms with Gasteiger partial charge in [-0.3, -0.25) is 4.68 Å². The predicted molar refractivity (Wildman–Crippen MR) is 120 cm³/mol. The van der Waals surface area contributed by atoms with Gasteiger partial charge in [-0.05, 0) is 47.7 Å². The molecular weight excluding hydrogens is 374 g/mol. The Bertz CT molecular complexity index is 981. The Balaban J connectivity index is 1.32. The van der Waals surface area contributed by atoms with Gasteiger partial charge in [0.05, 0.1) is 19.7 Å². The lowest BCUT2D eigenvalue weighted by Gasteiger charge is -2.12. The van der Waals surface area contributed by atoms with Crippen LogP contribution in [-0.4, -0.2) is 35.4 Å². The molecule has 0 fully saturated rings. The van der Waals surface area contributed by atoms with Gasteiger partial charge in [0.25, 0.3) is 0 Å². The molecule has 2 heterocycles. The second kappa shape index (κ2) is 9.96. The normalized spacial score (nSPS) is 13.0. The van der Waals surface area contributed by atoms with Crippen molar-refractivity contribution in [1.29, 1.82) is 0 Å². The molecule has 156 valence electrons. The Morgan fingerprint density at radius 3 is 2.90 bits per heavy atom. The smallest absolute Gasteiger partial charge is 0.191 e. The molecule has 1 aliphatic rings. The van der Waals surface area contributed by atoms with Crippen LogP contribution in [0.25, 0.3) is 0 Å². The number of nitrogens with zero attached hydrogens (tertiary/aromatic N) is 3. The summed E-state index contributed by atoms with van der Waals surface area (Å²) < 4.78 is 7.52. The van der Waals surface area contributed by atoms with Crippen LogP contribution in [0, 0.1) is 0 Å². The number of hydrogen-bond acceptors (Lipinski definition) is 3. The molecule has 30 heavy (non-hydrogen) atoms. The third kappa shape index (κ3) is 5.41. The summed E-state index contributed by atoms with van der Waals surface area (Å²) in [5, 5.41) is 11.1. The van der Waals surface area contributed by atoms with E-state index in [4.69, 9.17) is 9.73 Å². The van der Waals surface area contributed by atoms with Gasteiger partial charge in [0.1, 0.15) is 5.75 Å². The number of ether oxygens (including phenoxy) is 1. The summed E-state index contributed by atoms with van der Waals surface area (Å²) in [6.07, 6.45) is 5.75. The molecule has 0 radical (unpaired) electrons. The van der Waals surface area contributed by atoms with Crippen molar-refractivity contribution in [3.63, 3.8) is 0 Å². The number of guanidine groups is 1. The first-order valence-electron chi connectivity index (χ1n) is 10.6. The molecule has 0 unspecified atom stereocenters. The lowest BCUT2D eigenvalue weighted by molar-refractivity contribution is 0.357. The van der Waals surface area contributed by atoms with E-state index >= 15 is 0 Å². The molecular formula is C24H29N5O. The van der Waals surface area contributed by atoms with Gasteiger partial charge in [-0.25, -0.2) is 4.99 Å². The lowest BCUT2D eigenvalue weighted by atomic mass is 10.1. The first kappa shape index (κ1) is 20.0. The van der Waals surface area contributed by atoms with Crippen LogP contribution in [-0.2, 0) is 25.9 Å². The summed E-state index contributed by atoms with van der Waals surface area (Å²) in [5.41, 5.74) is 5.07. The molecule has 2 aromatic carbocycles. The highest BCUT2D eigenvalue weighted by atomic mass is 16.5. The van der Waals surface area contributed by atoms with Crippen molar-refractivity contribution in [3.8, 4) is 5.75 Å². The molecule has 0 aliphatic carbocycles. The predicted octanol–water partition coefficient (Wildman–Crippen LogP) is 3.16. The molecule has 0 saturated heterocycles. The van der Waals surface area contributed by atoms with Crippen LogP contribution >= 0.6 is 0 Å². The van der Waals surface area contributed by atoms with Gasteiger partial charge in [0.15, 0.2) is 5.96 Å². The summed E-state index contributed by atoms with van der Waals surface area (Å²) in [6.45, 7) is 5.97. The minimum Gasteiger partial charge on any atom is -0.493 e. The van der Waals surface area contributed by atoms with Crippen LogP contribution in [0.15, 0.2) is 65.9 Å². The topological polar surface area (TPSA) is 63.5 Å². The average Bonchev–Trinajstić information content (AvgIpc) is 3.44. The maximum absolute atomic E-state index is 5.59. The summed E-state index contributed by atoms with van der Waals surface area (Å²) >= 11 is 0. The molecule has 4 rings (SSSR count). The van der Waals surface area contributed by atoms with E-state index in [2.05, 4.69) is 65.1 Å². The van der Waals surface area contributed by atoms with Crippen LogP contribution in [0.3, 0.4) is 0 Å². The highest BCUT2D eigenvalue weighted by Gasteiger charge is 2.11. The van der Waals surface area contributed by atoms with Gasteiger partial charge < -0.3 is 15.4 Å². The van der Waals surface area contributed by atoms with Crippen LogP contribution < -0.4 is 15.4 Å². The monoisotopic (exact) mass is 403 g/mol. The molecule has 6 heteroatoms. The number of nitrogens with one attached hydrogen (secondary N) is 2. The minimum atomic E-state index is 0.637. The number of aliphatic imine (C=N–C) groups is 1. The summed E-state index contributed by atoms with van der Waals surface area (Å²) in [7, 11) is 0. The van der Waals surface area contributed by atoms with Crippen molar-refractivity contribution in [2.45, 2.75) is 32.9 Å². The van der Waals surface area contributed by atoms with Gasteiger partial charge in [-0.15, -0.1) is 0 Å². The lowest BCUT2D eigenvalue weighted by Crippen LogP contribution is -2.38. The number of hydrogen-bond donors (Lipinski definition) is 2. The van der Waals surface area contributed by atoms with Crippen molar-refractivity contribution in [2.75, 3.05) is 19.7 Å². The molecule has 0 spiro atoms. The summed E-state index contributed by atoms with van der Waals surface area (Å²) in [5.74, 6) is 1.89. The molecule has 3 aromatic rings. The molecule has 2 N–H and O–H groups in total. The fraction of sp³-hybridized carbons (Fsp3) is 0.333. The van der Waals surface area contributed by atoms with E-state index in [9.17, 15) is 0 Å². The van der Waals surface area contributed by atoms with Gasteiger partial charge >= 0.3 is 0 Å². The number of rotatable bonds is 8. The van der Waals surface area contributed by atoms with Gasteiger partial charge in [0, 0.05) is 31.9 Å². The fourth-order valence-corrected chi connectivity index (χ4v) is 3.64. The zero-order chi connectivity index (χ0) is 20.6. The standard InChI is InChI=1S/C24H29N5O/c1-2-25-24(26-12-9-19-7-8-23-22(16-19)10-14-30-23)27-17-20-5-3-6-21(15-20)18-29-13-4-11-28-29/h3-8,11,13,15-16H,2,9-10,12,14,17-18H2,1H3,(H2,25,26,27).